The third-order valence-corrected chi connectivity index (χ3v) is 3.05. The first-order chi connectivity index (χ1) is 9.58. The average molecular weight is 298 g/mol. The van der Waals surface area contributed by atoms with E-state index in [2.05, 4.69) is 9.97 Å². The van der Waals surface area contributed by atoms with Crippen molar-refractivity contribution in [2.24, 2.45) is 5.73 Å². The molecule has 0 spiro atoms. The highest BCUT2D eigenvalue weighted by atomic mass is 35.5. The largest absolute Gasteiger partial charge is 0.480 e. The van der Waals surface area contributed by atoms with Crippen molar-refractivity contribution in [3.8, 4) is 11.8 Å². The van der Waals surface area contributed by atoms with Crippen LogP contribution in [-0.2, 0) is 0 Å². The van der Waals surface area contributed by atoms with Gasteiger partial charge in [-0.25, -0.2) is 9.37 Å². The van der Waals surface area contributed by atoms with Crippen LogP contribution < -0.4 is 15.2 Å². The van der Waals surface area contributed by atoms with E-state index in [1.807, 2.05) is 0 Å². The zero-order valence-electron chi connectivity index (χ0n) is 10.9. The first kappa shape index (κ1) is 14.5. The van der Waals surface area contributed by atoms with E-state index in [0.717, 1.165) is 0 Å². The SMILES string of the molecule is COc1cnc(C(N)c2cccc(Cl)c2F)c(OC)n1. The van der Waals surface area contributed by atoms with Crippen LogP contribution in [0.25, 0.3) is 0 Å². The molecule has 0 aliphatic heterocycles. The van der Waals surface area contributed by atoms with Crippen LogP contribution in [0, 0.1) is 5.82 Å². The number of hydrogen-bond acceptors (Lipinski definition) is 5. The van der Waals surface area contributed by atoms with Crippen LogP contribution in [0.15, 0.2) is 24.4 Å². The van der Waals surface area contributed by atoms with Gasteiger partial charge < -0.3 is 15.2 Å². The molecule has 2 aromatic rings. The molecule has 0 aliphatic carbocycles. The normalized spacial score (nSPS) is 12.1. The number of benzene rings is 1. The predicted molar refractivity (Wildman–Crippen MR) is 72.6 cm³/mol. The molecule has 1 aromatic carbocycles. The summed E-state index contributed by atoms with van der Waals surface area (Å²) in [6, 6.07) is 3.76. The van der Waals surface area contributed by atoms with Gasteiger partial charge in [0.05, 0.1) is 31.5 Å². The minimum Gasteiger partial charge on any atom is -0.480 e. The summed E-state index contributed by atoms with van der Waals surface area (Å²) in [7, 11) is 2.88. The van der Waals surface area contributed by atoms with E-state index in [9.17, 15) is 4.39 Å². The Morgan fingerprint density at radius 1 is 1.30 bits per heavy atom. The second-order valence-electron chi connectivity index (χ2n) is 3.93. The van der Waals surface area contributed by atoms with Crippen molar-refractivity contribution in [2.45, 2.75) is 6.04 Å². The molecule has 5 nitrogen and oxygen atoms in total. The Morgan fingerprint density at radius 2 is 2.05 bits per heavy atom. The van der Waals surface area contributed by atoms with Gasteiger partial charge in [0.2, 0.25) is 11.8 Å². The highest BCUT2D eigenvalue weighted by Gasteiger charge is 2.21. The molecule has 0 amide bonds. The Bertz CT molecular complexity index is 625. The molecule has 0 radical (unpaired) electrons. The molecule has 0 saturated carbocycles. The maximum absolute atomic E-state index is 14.0. The van der Waals surface area contributed by atoms with E-state index >= 15 is 0 Å². The Balaban J connectivity index is 2.47. The monoisotopic (exact) mass is 297 g/mol. The Labute approximate surface area is 120 Å². The van der Waals surface area contributed by atoms with Crippen molar-refractivity contribution < 1.29 is 13.9 Å². The Morgan fingerprint density at radius 3 is 2.70 bits per heavy atom. The van der Waals surface area contributed by atoms with Crippen molar-refractivity contribution in [3.63, 3.8) is 0 Å². The van der Waals surface area contributed by atoms with Crippen molar-refractivity contribution in [3.05, 3.63) is 46.5 Å². The second-order valence-corrected chi connectivity index (χ2v) is 4.33. The Kier molecular flexibility index (Phi) is 4.36. The van der Waals surface area contributed by atoms with E-state index in [4.69, 9.17) is 26.8 Å². The lowest BCUT2D eigenvalue weighted by atomic mass is 10.0. The van der Waals surface area contributed by atoms with Crippen molar-refractivity contribution in [1.29, 1.82) is 0 Å². The first-order valence-corrected chi connectivity index (χ1v) is 6.10. The molecule has 2 rings (SSSR count). The Hall–Kier alpha value is -1.92. The lowest BCUT2D eigenvalue weighted by Gasteiger charge is -2.15. The van der Waals surface area contributed by atoms with Crippen molar-refractivity contribution in [1.82, 2.24) is 9.97 Å². The standard InChI is InChI=1S/C13H13ClFN3O2/c1-19-9-6-17-12(13(18-9)20-2)11(16)7-4-3-5-8(14)10(7)15/h3-6,11H,16H2,1-2H3. The molecule has 1 unspecified atom stereocenters. The summed E-state index contributed by atoms with van der Waals surface area (Å²) in [5.74, 6) is -0.123. The van der Waals surface area contributed by atoms with Gasteiger partial charge in [0.1, 0.15) is 11.5 Å². The third kappa shape index (κ3) is 2.66. The molecular weight excluding hydrogens is 285 g/mol. The van der Waals surface area contributed by atoms with Crippen LogP contribution in [0.4, 0.5) is 4.39 Å². The van der Waals surface area contributed by atoms with Crippen LogP contribution in [-0.4, -0.2) is 24.2 Å². The molecule has 20 heavy (non-hydrogen) atoms. The zero-order valence-corrected chi connectivity index (χ0v) is 11.7. The van der Waals surface area contributed by atoms with Gasteiger partial charge in [0.25, 0.3) is 0 Å². The fraction of sp³-hybridized carbons (Fsp3) is 0.231. The molecule has 106 valence electrons. The summed E-state index contributed by atoms with van der Waals surface area (Å²) < 4.78 is 24.1. The van der Waals surface area contributed by atoms with Gasteiger partial charge in [-0.05, 0) is 6.07 Å². The van der Waals surface area contributed by atoms with Crippen molar-refractivity contribution >= 4 is 11.6 Å². The summed E-state index contributed by atoms with van der Waals surface area (Å²) in [5, 5.41) is -0.00149. The molecule has 7 heteroatoms. The molecule has 0 aliphatic rings. The lowest BCUT2D eigenvalue weighted by Crippen LogP contribution is -2.17. The van der Waals surface area contributed by atoms with E-state index in [0.29, 0.717) is 5.69 Å². The molecule has 2 N–H and O–H groups in total. The highest BCUT2D eigenvalue weighted by Crippen LogP contribution is 2.30. The predicted octanol–water partition coefficient (Wildman–Crippen LogP) is 2.33. The second kappa shape index (κ2) is 6.02. The topological polar surface area (TPSA) is 70.3 Å². The summed E-state index contributed by atoms with van der Waals surface area (Å²) in [6.07, 6.45) is 1.39. The molecule has 0 saturated heterocycles. The van der Waals surface area contributed by atoms with E-state index in [1.165, 1.54) is 32.5 Å². The summed E-state index contributed by atoms with van der Waals surface area (Å²) >= 11 is 5.75. The van der Waals surface area contributed by atoms with Crippen LogP contribution in [0.2, 0.25) is 5.02 Å². The maximum Gasteiger partial charge on any atom is 0.240 e. The van der Waals surface area contributed by atoms with Crippen LogP contribution in [0.3, 0.4) is 0 Å². The first-order valence-electron chi connectivity index (χ1n) is 5.73. The summed E-state index contributed by atoms with van der Waals surface area (Å²) in [5.41, 5.74) is 6.55. The zero-order chi connectivity index (χ0) is 14.7. The lowest BCUT2D eigenvalue weighted by molar-refractivity contribution is 0.355. The number of nitrogens with two attached hydrogens (primary N) is 1. The average Bonchev–Trinajstić information content (AvgIpc) is 2.48. The van der Waals surface area contributed by atoms with Gasteiger partial charge >= 0.3 is 0 Å². The number of nitrogens with zero attached hydrogens (tertiary/aromatic N) is 2. The summed E-state index contributed by atoms with van der Waals surface area (Å²) in [4.78, 5) is 8.19. The van der Waals surface area contributed by atoms with Gasteiger partial charge in [0, 0.05) is 5.56 Å². The molecule has 1 aromatic heterocycles. The summed E-state index contributed by atoms with van der Waals surface area (Å²) in [6.45, 7) is 0. The van der Waals surface area contributed by atoms with Crippen LogP contribution in [0.1, 0.15) is 17.3 Å². The number of ether oxygens (including phenoxy) is 2. The van der Waals surface area contributed by atoms with Crippen LogP contribution >= 0.6 is 11.6 Å². The number of halogens is 2. The van der Waals surface area contributed by atoms with Crippen LogP contribution in [0.5, 0.6) is 11.8 Å². The van der Waals surface area contributed by atoms with Gasteiger partial charge in [0.15, 0.2) is 0 Å². The molecule has 0 bridgehead atoms. The van der Waals surface area contributed by atoms with E-state index in [1.54, 1.807) is 6.07 Å². The van der Waals surface area contributed by atoms with Gasteiger partial charge in [-0.2, -0.15) is 4.98 Å². The number of aromatic nitrogens is 2. The van der Waals surface area contributed by atoms with E-state index in [-0.39, 0.29) is 22.3 Å². The quantitative estimate of drug-likeness (QED) is 0.938. The van der Waals surface area contributed by atoms with Crippen molar-refractivity contribution in [2.75, 3.05) is 14.2 Å². The number of methoxy groups -OCH3 is 2. The third-order valence-electron chi connectivity index (χ3n) is 2.76. The molecular formula is C13H13ClFN3O2. The molecule has 1 atom stereocenters. The van der Waals surface area contributed by atoms with Gasteiger partial charge in [-0.15, -0.1) is 0 Å². The highest BCUT2D eigenvalue weighted by molar-refractivity contribution is 6.30. The maximum atomic E-state index is 14.0. The fourth-order valence-electron chi connectivity index (χ4n) is 1.74. The van der Waals surface area contributed by atoms with E-state index < -0.39 is 11.9 Å². The number of rotatable bonds is 4. The van der Waals surface area contributed by atoms with Gasteiger partial charge in [-0.3, -0.25) is 0 Å². The van der Waals surface area contributed by atoms with Gasteiger partial charge in [-0.1, -0.05) is 23.7 Å². The minimum atomic E-state index is -0.845. The molecule has 1 heterocycles. The smallest absolute Gasteiger partial charge is 0.240 e. The fourth-order valence-corrected chi connectivity index (χ4v) is 1.92. The molecule has 0 fully saturated rings. The minimum absolute atomic E-state index is 0.00149. The number of hydrogen-bond donors (Lipinski definition) is 1.